The van der Waals surface area contributed by atoms with Gasteiger partial charge in [-0.25, -0.2) is 18.4 Å². The van der Waals surface area contributed by atoms with E-state index in [-0.39, 0.29) is 28.5 Å². The van der Waals surface area contributed by atoms with Crippen LogP contribution in [-0.2, 0) is 26.0 Å². The number of aromatic nitrogens is 2. The predicted octanol–water partition coefficient (Wildman–Crippen LogP) is 3.18. The topological polar surface area (TPSA) is 144 Å². The number of sulfonamides is 1. The minimum absolute atomic E-state index is 0.0189. The Kier molecular flexibility index (Phi) is 8.54. The van der Waals surface area contributed by atoms with Crippen LogP contribution in [0.2, 0.25) is 0 Å². The minimum atomic E-state index is -4.38. The van der Waals surface area contributed by atoms with Crippen LogP contribution in [-0.4, -0.2) is 54.1 Å². The molecule has 1 aromatic heterocycles. The Bertz CT molecular complexity index is 1640. The largest absolute Gasteiger partial charge is 0.369 e. The van der Waals surface area contributed by atoms with Crippen LogP contribution < -0.4 is 10.0 Å². The van der Waals surface area contributed by atoms with Gasteiger partial charge < -0.3 is 10.6 Å². The average Bonchev–Trinajstić information content (AvgIpc) is 2.97. The van der Waals surface area contributed by atoms with E-state index in [0.717, 1.165) is 5.39 Å². The summed E-state index contributed by atoms with van der Waals surface area (Å²) >= 11 is 0. The van der Waals surface area contributed by atoms with Crippen LogP contribution in [0.25, 0.3) is 10.8 Å². The van der Waals surface area contributed by atoms with Crippen molar-refractivity contribution >= 4 is 44.2 Å². The molecule has 0 saturated heterocycles. The highest BCUT2D eigenvalue weighted by Crippen LogP contribution is 2.29. The standard InChI is InChI=1S/C29H29N5O5S/c1-3-33(4-2)29(37)26(27(30)35)15-20-9-12-24(13-10-20)34(28(36)23-17-31-19-32-18-23)40(38,39)25-14-11-21-7-5-6-8-22(21)16-25/h5-14,16-19,26H,3-4,15H2,1-2H3,(H2,30,35). The number of carbonyl (C=O) groups is 3. The molecule has 0 aliphatic carbocycles. The number of fused-ring (bicyclic) bond motifs is 1. The van der Waals surface area contributed by atoms with Crippen molar-refractivity contribution in [2.75, 3.05) is 17.4 Å². The molecule has 4 rings (SSSR count). The fourth-order valence-electron chi connectivity index (χ4n) is 4.39. The summed E-state index contributed by atoms with van der Waals surface area (Å²) in [6, 6.07) is 18.0. The maximum Gasteiger partial charge on any atom is 0.275 e. The van der Waals surface area contributed by atoms with Gasteiger partial charge in [0.15, 0.2) is 0 Å². The van der Waals surface area contributed by atoms with E-state index in [1.165, 1.54) is 47.9 Å². The van der Waals surface area contributed by atoms with Crippen molar-refractivity contribution in [1.82, 2.24) is 14.9 Å². The molecule has 0 saturated carbocycles. The first-order valence-corrected chi connectivity index (χ1v) is 14.1. The molecule has 10 nitrogen and oxygen atoms in total. The first-order chi connectivity index (χ1) is 19.2. The highest BCUT2D eigenvalue weighted by Gasteiger charge is 2.33. The Morgan fingerprint density at radius 1 is 0.875 bits per heavy atom. The van der Waals surface area contributed by atoms with Crippen molar-refractivity contribution in [1.29, 1.82) is 0 Å². The van der Waals surface area contributed by atoms with E-state index in [1.54, 1.807) is 30.3 Å². The monoisotopic (exact) mass is 559 g/mol. The van der Waals surface area contributed by atoms with Crippen LogP contribution in [0.5, 0.6) is 0 Å². The molecular formula is C29H29N5O5S. The Morgan fingerprint density at radius 2 is 1.50 bits per heavy atom. The Hall–Kier alpha value is -4.64. The van der Waals surface area contributed by atoms with Gasteiger partial charge in [0.05, 0.1) is 16.1 Å². The molecule has 1 unspecified atom stereocenters. The van der Waals surface area contributed by atoms with Crippen LogP contribution in [0.15, 0.2) is 90.3 Å². The maximum atomic E-state index is 13.9. The highest BCUT2D eigenvalue weighted by atomic mass is 32.2. The summed E-state index contributed by atoms with van der Waals surface area (Å²) in [7, 11) is -4.38. The van der Waals surface area contributed by atoms with Gasteiger partial charge in [-0.15, -0.1) is 0 Å². The molecule has 0 bridgehead atoms. The SMILES string of the molecule is CCN(CC)C(=O)C(Cc1ccc(N(C(=O)c2cncnc2)S(=O)(=O)c2ccc3ccccc3c2)cc1)C(N)=O. The molecule has 2 N–H and O–H groups in total. The van der Waals surface area contributed by atoms with Gasteiger partial charge in [0, 0.05) is 25.5 Å². The maximum absolute atomic E-state index is 13.9. The Balaban J connectivity index is 1.73. The second-order valence-corrected chi connectivity index (χ2v) is 10.8. The molecule has 4 aromatic rings. The second kappa shape index (κ2) is 12.0. The number of nitrogens with zero attached hydrogens (tertiary/aromatic N) is 4. The summed E-state index contributed by atoms with van der Waals surface area (Å²) in [6.07, 6.45) is 3.75. The zero-order chi connectivity index (χ0) is 28.9. The molecular weight excluding hydrogens is 530 g/mol. The molecule has 0 aliphatic heterocycles. The van der Waals surface area contributed by atoms with E-state index < -0.39 is 27.8 Å². The lowest BCUT2D eigenvalue weighted by Gasteiger charge is -2.24. The quantitative estimate of drug-likeness (QED) is 0.294. The van der Waals surface area contributed by atoms with Crippen molar-refractivity contribution in [2.24, 2.45) is 11.7 Å². The molecule has 1 atom stereocenters. The molecule has 206 valence electrons. The first-order valence-electron chi connectivity index (χ1n) is 12.7. The van der Waals surface area contributed by atoms with Crippen LogP contribution in [0.1, 0.15) is 29.8 Å². The van der Waals surface area contributed by atoms with Crippen LogP contribution in [0.4, 0.5) is 5.69 Å². The normalized spacial score (nSPS) is 12.1. The fourth-order valence-corrected chi connectivity index (χ4v) is 5.84. The third kappa shape index (κ3) is 5.84. The smallest absolute Gasteiger partial charge is 0.275 e. The van der Waals surface area contributed by atoms with Gasteiger partial charge in [0.25, 0.3) is 15.9 Å². The summed E-state index contributed by atoms with van der Waals surface area (Å²) in [5, 5.41) is 1.55. The number of primary amides is 1. The molecule has 3 aromatic carbocycles. The van der Waals surface area contributed by atoms with Crippen LogP contribution in [0.3, 0.4) is 0 Å². The Labute approximate surface area is 232 Å². The van der Waals surface area contributed by atoms with Gasteiger partial charge in [0.1, 0.15) is 12.2 Å². The summed E-state index contributed by atoms with van der Waals surface area (Å²) in [6.45, 7) is 4.50. The van der Waals surface area contributed by atoms with E-state index in [1.807, 2.05) is 26.0 Å². The number of hydrogen-bond acceptors (Lipinski definition) is 7. The number of hydrogen-bond donors (Lipinski definition) is 1. The van der Waals surface area contributed by atoms with E-state index in [4.69, 9.17) is 5.73 Å². The van der Waals surface area contributed by atoms with Crippen molar-refractivity contribution in [2.45, 2.75) is 25.2 Å². The van der Waals surface area contributed by atoms with E-state index in [0.29, 0.717) is 28.3 Å². The molecule has 0 spiro atoms. The zero-order valence-electron chi connectivity index (χ0n) is 22.1. The fraction of sp³-hybridized carbons (Fsp3) is 0.207. The van der Waals surface area contributed by atoms with Crippen molar-refractivity contribution in [3.05, 3.63) is 96.6 Å². The van der Waals surface area contributed by atoms with Gasteiger partial charge in [-0.2, -0.15) is 4.31 Å². The van der Waals surface area contributed by atoms with Crippen LogP contribution >= 0.6 is 0 Å². The van der Waals surface area contributed by atoms with Crippen LogP contribution in [0, 0.1) is 5.92 Å². The zero-order valence-corrected chi connectivity index (χ0v) is 22.9. The third-order valence-electron chi connectivity index (χ3n) is 6.58. The van der Waals surface area contributed by atoms with E-state index in [9.17, 15) is 22.8 Å². The number of carbonyl (C=O) groups excluding carboxylic acids is 3. The molecule has 11 heteroatoms. The van der Waals surface area contributed by atoms with Gasteiger partial charge in [-0.3, -0.25) is 14.4 Å². The molecule has 0 radical (unpaired) electrons. The number of rotatable bonds is 10. The molecule has 0 aliphatic rings. The lowest BCUT2D eigenvalue weighted by atomic mass is 9.97. The molecule has 0 fully saturated rings. The summed E-state index contributed by atoms with van der Waals surface area (Å²) in [5.74, 6) is -3.04. The molecule has 3 amide bonds. The second-order valence-electron chi connectivity index (χ2n) is 9.05. The molecule has 40 heavy (non-hydrogen) atoms. The third-order valence-corrected chi connectivity index (χ3v) is 8.29. The van der Waals surface area contributed by atoms with Gasteiger partial charge in [-0.05, 0) is 60.9 Å². The number of nitrogens with two attached hydrogens (primary N) is 1. The lowest BCUT2D eigenvalue weighted by Crippen LogP contribution is -2.42. The van der Waals surface area contributed by atoms with Crippen molar-refractivity contribution < 1.29 is 22.8 Å². The van der Waals surface area contributed by atoms with Gasteiger partial charge in [0.2, 0.25) is 11.8 Å². The lowest BCUT2D eigenvalue weighted by molar-refractivity contribution is -0.140. The number of anilines is 1. The minimum Gasteiger partial charge on any atom is -0.369 e. The van der Waals surface area contributed by atoms with Gasteiger partial charge in [-0.1, -0.05) is 42.5 Å². The summed E-state index contributed by atoms with van der Waals surface area (Å²) < 4.78 is 28.6. The van der Waals surface area contributed by atoms with E-state index in [2.05, 4.69) is 9.97 Å². The summed E-state index contributed by atoms with van der Waals surface area (Å²) in [4.78, 5) is 47.7. The molecule has 1 heterocycles. The van der Waals surface area contributed by atoms with Crippen molar-refractivity contribution in [3.8, 4) is 0 Å². The van der Waals surface area contributed by atoms with Gasteiger partial charge >= 0.3 is 0 Å². The average molecular weight is 560 g/mol. The number of benzene rings is 3. The van der Waals surface area contributed by atoms with Crippen molar-refractivity contribution in [3.63, 3.8) is 0 Å². The Morgan fingerprint density at radius 3 is 2.10 bits per heavy atom. The highest BCUT2D eigenvalue weighted by molar-refractivity contribution is 7.93. The first kappa shape index (κ1) is 28.4. The summed E-state index contributed by atoms with van der Waals surface area (Å²) in [5.41, 5.74) is 6.17. The number of amides is 3. The predicted molar refractivity (Wildman–Crippen MR) is 151 cm³/mol. The van der Waals surface area contributed by atoms with E-state index >= 15 is 0 Å².